The van der Waals surface area contributed by atoms with E-state index in [1.54, 1.807) is 11.8 Å². The second-order valence-electron chi connectivity index (χ2n) is 5.62. The Labute approximate surface area is 138 Å². The van der Waals surface area contributed by atoms with Gasteiger partial charge in [0.05, 0.1) is 5.69 Å². The molecule has 0 spiro atoms. The van der Waals surface area contributed by atoms with E-state index in [1.807, 2.05) is 41.8 Å². The maximum atomic E-state index is 5.90. The molecule has 0 saturated heterocycles. The van der Waals surface area contributed by atoms with E-state index in [2.05, 4.69) is 15.2 Å². The van der Waals surface area contributed by atoms with Crippen LogP contribution in [-0.2, 0) is 5.75 Å². The monoisotopic (exact) mass is 327 g/mol. The molecule has 2 aromatic heterocycles. The van der Waals surface area contributed by atoms with Gasteiger partial charge in [-0.05, 0) is 31.9 Å². The van der Waals surface area contributed by atoms with Crippen molar-refractivity contribution in [3.05, 3.63) is 41.8 Å². The third-order valence-corrected chi connectivity index (χ3v) is 4.81. The molecule has 1 saturated carbocycles. The van der Waals surface area contributed by atoms with E-state index in [4.69, 9.17) is 10.2 Å². The lowest BCUT2D eigenvalue weighted by Crippen LogP contribution is -2.02. The zero-order valence-electron chi connectivity index (χ0n) is 12.8. The fourth-order valence-corrected chi connectivity index (χ4v) is 3.48. The molecule has 0 unspecified atom stereocenters. The summed E-state index contributed by atoms with van der Waals surface area (Å²) in [5, 5.41) is 9.03. The van der Waals surface area contributed by atoms with Crippen molar-refractivity contribution < 1.29 is 4.42 Å². The van der Waals surface area contributed by atoms with Gasteiger partial charge in [-0.3, -0.25) is 4.57 Å². The van der Waals surface area contributed by atoms with E-state index >= 15 is 0 Å². The highest BCUT2D eigenvalue weighted by Gasteiger charge is 2.29. The normalized spacial score (nSPS) is 14.3. The van der Waals surface area contributed by atoms with Gasteiger partial charge >= 0.3 is 0 Å². The van der Waals surface area contributed by atoms with E-state index in [-0.39, 0.29) is 0 Å². The first-order chi connectivity index (χ1) is 11.2. The number of anilines is 1. The third-order valence-electron chi connectivity index (χ3n) is 3.85. The number of benzene rings is 1. The van der Waals surface area contributed by atoms with Gasteiger partial charge in [-0.25, -0.2) is 4.98 Å². The maximum absolute atomic E-state index is 5.90. The average molecular weight is 327 g/mol. The first-order valence-electron chi connectivity index (χ1n) is 7.57. The van der Waals surface area contributed by atoms with Crippen LogP contribution in [0.2, 0.25) is 0 Å². The van der Waals surface area contributed by atoms with Crippen molar-refractivity contribution in [2.45, 2.75) is 36.7 Å². The number of aromatic nitrogens is 4. The molecule has 0 atom stereocenters. The Hall–Kier alpha value is -2.28. The molecule has 6 nitrogen and oxygen atoms in total. The predicted octanol–water partition coefficient (Wildman–Crippen LogP) is 3.45. The van der Waals surface area contributed by atoms with Gasteiger partial charge in [-0.15, -0.1) is 10.2 Å². The second kappa shape index (κ2) is 5.73. The summed E-state index contributed by atoms with van der Waals surface area (Å²) < 4.78 is 7.82. The van der Waals surface area contributed by atoms with Crippen molar-refractivity contribution >= 4 is 17.7 Å². The van der Waals surface area contributed by atoms with Crippen LogP contribution in [0.4, 0.5) is 5.95 Å². The Morgan fingerprint density at radius 3 is 2.78 bits per heavy atom. The third kappa shape index (κ3) is 2.84. The summed E-state index contributed by atoms with van der Waals surface area (Å²) in [4.78, 5) is 4.62. The number of nitrogens with zero attached hydrogens (tertiary/aromatic N) is 4. The molecule has 2 heterocycles. The van der Waals surface area contributed by atoms with Crippen molar-refractivity contribution in [2.24, 2.45) is 0 Å². The Morgan fingerprint density at radius 1 is 1.26 bits per heavy atom. The lowest BCUT2D eigenvalue weighted by atomic mass is 10.2. The Kier molecular flexibility index (Phi) is 3.57. The van der Waals surface area contributed by atoms with Crippen molar-refractivity contribution in [2.75, 3.05) is 5.73 Å². The number of aryl methyl sites for hydroxylation is 1. The molecule has 7 heteroatoms. The van der Waals surface area contributed by atoms with Gasteiger partial charge in [-0.1, -0.05) is 30.0 Å². The second-order valence-corrected chi connectivity index (χ2v) is 6.56. The van der Waals surface area contributed by atoms with Crippen LogP contribution in [0.1, 0.15) is 30.3 Å². The van der Waals surface area contributed by atoms with Crippen LogP contribution in [0, 0.1) is 6.92 Å². The summed E-state index contributed by atoms with van der Waals surface area (Å²) in [6, 6.07) is 10.4. The van der Waals surface area contributed by atoms with E-state index < -0.39 is 0 Å². The molecule has 1 fully saturated rings. The largest absolute Gasteiger partial charge is 0.441 e. The van der Waals surface area contributed by atoms with Gasteiger partial charge < -0.3 is 10.2 Å². The van der Waals surface area contributed by atoms with Crippen LogP contribution >= 0.6 is 11.8 Å². The molecule has 1 aromatic carbocycles. The number of hydrogen-bond donors (Lipinski definition) is 1. The van der Waals surface area contributed by atoms with Crippen LogP contribution in [0.25, 0.3) is 11.5 Å². The molecule has 1 aliphatic carbocycles. The van der Waals surface area contributed by atoms with E-state index in [1.165, 1.54) is 0 Å². The number of oxazole rings is 1. The van der Waals surface area contributed by atoms with Crippen molar-refractivity contribution in [3.63, 3.8) is 0 Å². The molecule has 0 radical (unpaired) electrons. The topological polar surface area (TPSA) is 82.8 Å². The molecular weight excluding hydrogens is 310 g/mol. The number of nitrogens with two attached hydrogens (primary N) is 1. The van der Waals surface area contributed by atoms with Crippen molar-refractivity contribution in [3.8, 4) is 11.5 Å². The van der Waals surface area contributed by atoms with Crippen LogP contribution in [0.5, 0.6) is 0 Å². The minimum absolute atomic E-state index is 0.464. The first-order valence-corrected chi connectivity index (χ1v) is 8.56. The van der Waals surface area contributed by atoms with Gasteiger partial charge in [0.2, 0.25) is 11.8 Å². The minimum atomic E-state index is 0.464. The van der Waals surface area contributed by atoms with E-state index in [0.29, 0.717) is 23.6 Å². The number of nitrogen functional groups attached to an aromatic ring is 1. The molecule has 3 aromatic rings. The van der Waals surface area contributed by atoms with Gasteiger partial charge in [0.1, 0.15) is 5.76 Å². The summed E-state index contributed by atoms with van der Waals surface area (Å²) in [6.45, 7) is 1.94. The Morgan fingerprint density at radius 2 is 2.04 bits per heavy atom. The van der Waals surface area contributed by atoms with E-state index in [0.717, 1.165) is 35.0 Å². The SMILES string of the molecule is Cc1oc(-c2ccccc2)nc1CSc1nnc(N)n1C1CC1. The fourth-order valence-electron chi connectivity index (χ4n) is 2.46. The molecule has 0 amide bonds. The van der Waals surface area contributed by atoms with Gasteiger partial charge in [0.25, 0.3) is 0 Å². The zero-order chi connectivity index (χ0) is 15.8. The molecule has 2 N–H and O–H groups in total. The summed E-state index contributed by atoms with van der Waals surface area (Å²) in [5.74, 6) is 2.67. The lowest BCUT2D eigenvalue weighted by Gasteiger charge is -2.04. The quantitative estimate of drug-likeness (QED) is 0.723. The van der Waals surface area contributed by atoms with Crippen LogP contribution in [0.3, 0.4) is 0 Å². The van der Waals surface area contributed by atoms with Crippen molar-refractivity contribution in [1.29, 1.82) is 0 Å². The molecule has 1 aliphatic rings. The molecule has 23 heavy (non-hydrogen) atoms. The molecule has 0 aliphatic heterocycles. The highest BCUT2D eigenvalue weighted by atomic mass is 32.2. The van der Waals surface area contributed by atoms with Crippen LogP contribution in [0.15, 0.2) is 39.9 Å². The molecule has 0 bridgehead atoms. The Balaban J connectivity index is 1.53. The predicted molar refractivity (Wildman–Crippen MR) is 88.9 cm³/mol. The number of rotatable bonds is 5. The summed E-state index contributed by atoms with van der Waals surface area (Å²) in [7, 11) is 0. The summed E-state index contributed by atoms with van der Waals surface area (Å²) in [5.41, 5.74) is 7.82. The van der Waals surface area contributed by atoms with Crippen LogP contribution in [-0.4, -0.2) is 19.7 Å². The highest BCUT2D eigenvalue weighted by Crippen LogP contribution is 2.40. The smallest absolute Gasteiger partial charge is 0.226 e. The molecular formula is C16H17N5OS. The summed E-state index contributed by atoms with van der Waals surface area (Å²) >= 11 is 1.60. The standard InChI is InChI=1S/C16H17N5OS/c1-10-13(18-14(22-10)11-5-3-2-4-6-11)9-23-16-20-19-15(17)21(16)12-7-8-12/h2-6,12H,7-9H2,1H3,(H2,17,19). The number of thioether (sulfide) groups is 1. The van der Waals surface area contributed by atoms with Crippen molar-refractivity contribution in [1.82, 2.24) is 19.7 Å². The fraction of sp³-hybridized carbons (Fsp3) is 0.312. The average Bonchev–Trinajstić information content (AvgIpc) is 3.24. The zero-order valence-corrected chi connectivity index (χ0v) is 13.6. The molecule has 118 valence electrons. The number of hydrogen-bond acceptors (Lipinski definition) is 6. The minimum Gasteiger partial charge on any atom is -0.441 e. The Bertz CT molecular complexity index is 822. The van der Waals surface area contributed by atoms with Gasteiger partial charge in [-0.2, -0.15) is 0 Å². The first kappa shape index (κ1) is 14.3. The van der Waals surface area contributed by atoms with Crippen LogP contribution < -0.4 is 5.73 Å². The highest BCUT2D eigenvalue weighted by molar-refractivity contribution is 7.98. The summed E-state index contributed by atoms with van der Waals surface area (Å²) in [6.07, 6.45) is 2.30. The lowest BCUT2D eigenvalue weighted by molar-refractivity contribution is 0.540. The van der Waals surface area contributed by atoms with Gasteiger partial charge in [0, 0.05) is 17.4 Å². The maximum Gasteiger partial charge on any atom is 0.226 e. The van der Waals surface area contributed by atoms with E-state index in [9.17, 15) is 0 Å². The molecule has 4 rings (SSSR count). The van der Waals surface area contributed by atoms with Gasteiger partial charge in [0.15, 0.2) is 5.16 Å².